The van der Waals surface area contributed by atoms with E-state index in [1.807, 2.05) is 42.2 Å². The molecule has 1 fully saturated rings. The van der Waals surface area contributed by atoms with Gasteiger partial charge < -0.3 is 10.2 Å². The average molecular weight is 341 g/mol. The van der Waals surface area contributed by atoms with E-state index < -0.39 is 0 Å². The Morgan fingerprint density at radius 3 is 2.76 bits per heavy atom. The van der Waals surface area contributed by atoms with Gasteiger partial charge in [0.25, 0.3) is 0 Å². The number of benzene rings is 1. The number of hydrogen-bond acceptors (Lipinski definition) is 6. The number of hydrogen-bond donors (Lipinski definition) is 1. The van der Waals surface area contributed by atoms with E-state index >= 15 is 0 Å². The molecule has 2 heterocycles. The van der Waals surface area contributed by atoms with Gasteiger partial charge in [-0.2, -0.15) is 0 Å². The third-order valence-corrected chi connectivity index (χ3v) is 4.59. The molecule has 1 aliphatic heterocycles. The average Bonchev–Trinajstić information content (AvgIpc) is 2.62. The summed E-state index contributed by atoms with van der Waals surface area (Å²) in [6.45, 7) is 5.70. The Balaban J connectivity index is 1.91. The molecule has 0 aliphatic carbocycles. The first-order chi connectivity index (χ1) is 12.1. The van der Waals surface area contributed by atoms with Gasteiger partial charge in [-0.05, 0) is 31.2 Å². The summed E-state index contributed by atoms with van der Waals surface area (Å²) in [5.74, 6) is 1.18. The van der Waals surface area contributed by atoms with Crippen molar-refractivity contribution in [3.8, 4) is 0 Å². The molecular formula is C18H23N5O2. The van der Waals surface area contributed by atoms with E-state index in [4.69, 9.17) is 0 Å². The molecule has 1 aromatic carbocycles. The third-order valence-electron chi connectivity index (χ3n) is 4.59. The molecule has 132 valence electrons. The minimum absolute atomic E-state index is 0.0422. The number of nitrogens with one attached hydrogen (secondary N) is 1. The predicted molar refractivity (Wildman–Crippen MR) is 97.8 cm³/mol. The van der Waals surface area contributed by atoms with Crippen LogP contribution in [0, 0.1) is 16.0 Å². The highest BCUT2D eigenvalue weighted by molar-refractivity contribution is 5.70. The molecule has 0 amide bonds. The van der Waals surface area contributed by atoms with Crippen LogP contribution in [-0.4, -0.2) is 28.0 Å². The predicted octanol–water partition coefficient (Wildman–Crippen LogP) is 3.79. The Kier molecular flexibility index (Phi) is 5.11. The second kappa shape index (κ2) is 7.46. The van der Waals surface area contributed by atoms with E-state index in [9.17, 15) is 10.1 Å². The lowest BCUT2D eigenvalue weighted by Crippen LogP contribution is -2.35. The Hall–Kier alpha value is -2.70. The highest BCUT2D eigenvalue weighted by Crippen LogP contribution is 2.35. The number of aromatic nitrogens is 2. The van der Waals surface area contributed by atoms with Gasteiger partial charge in [0.05, 0.1) is 11.0 Å². The van der Waals surface area contributed by atoms with Crippen LogP contribution in [0.15, 0.2) is 36.7 Å². The first kappa shape index (κ1) is 17.1. The zero-order valence-electron chi connectivity index (χ0n) is 14.6. The van der Waals surface area contributed by atoms with Gasteiger partial charge in [0.15, 0.2) is 0 Å². The molecule has 2 aromatic rings. The van der Waals surface area contributed by atoms with Gasteiger partial charge in [-0.25, -0.2) is 9.97 Å². The zero-order chi connectivity index (χ0) is 17.8. The monoisotopic (exact) mass is 341 g/mol. The highest BCUT2D eigenvalue weighted by Gasteiger charge is 2.29. The second-order valence-corrected chi connectivity index (χ2v) is 6.62. The van der Waals surface area contributed by atoms with Crippen LogP contribution in [-0.2, 0) is 0 Å². The molecule has 7 nitrogen and oxygen atoms in total. The lowest BCUT2D eigenvalue weighted by molar-refractivity contribution is -0.383. The van der Waals surface area contributed by atoms with Crippen molar-refractivity contribution in [2.45, 2.75) is 32.7 Å². The minimum atomic E-state index is -0.380. The van der Waals surface area contributed by atoms with Crippen LogP contribution in [0.25, 0.3) is 0 Å². The molecular weight excluding hydrogens is 318 g/mol. The molecule has 0 spiro atoms. The van der Waals surface area contributed by atoms with E-state index in [2.05, 4.69) is 22.2 Å². The molecule has 3 rings (SSSR count). The lowest BCUT2D eigenvalue weighted by Gasteiger charge is -2.31. The fourth-order valence-electron chi connectivity index (χ4n) is 3.29. The molecule has 0 bridgehead atoms. The number of nitro groups is 1. The Labute approximate surface area is 147 Å². The van der Waals surface area contributed by atoms with Crippen LogP contribution in [0.4, 0.5) is 17.3 Å². The van der Waals surface area contributed by atoms with Gasteiger partial charge in [-0.15, -0.1) is 0 Å². The topological polar surface area (TPSA) is 84.2 Å². The summed E-state index contributed by atoms with van der Waals surface area (Å²) >= 11 is 0. The summed E-state index contributed by atoms with van der Waals surface area (Å²) in [7, 11) is 0. The Bertz CT molecular complexity index is 738. The van der Waals surface area contributed by atoms with Crippen LogP contribution in [0.2, 0.25) is 0 Å². The van der Waals surface area contributed by atoms with Gasteiger partial charge in [-0.3, -0.25) is 10.1 Å². The van der Waals surface area contributed by atoms with E-state index in [0.29, 0.717) is 11.7 Å². The Morgan fingerprint density at radius 1 is 1.32 bits per heavy atom. The maximum atomic E-state index is 11.7. The summed E-state index contributed by atoms with van der Waals surface area (Å²) < 4.78 is 0. The normalized spacial score (nSPS) is 18.6. The van der Waals surface area contributed by atoms with Gasteiger partial charge in [0.1, 0.15) is 6.33 Å². The molecule has 2 atom stereocenters. The Morgan fingerprint density at radius 2 is 2.08 bits per heavy atom. The van der Waals surface area contributed by atoms with Crippen molar-refractivity contribution in [1.29, 1.82) is 0 Å². The summed E-state index contributed by atoms with van der Waals surface area (Å²) in [5.41, 5.74) is 1.00. The van der Waals surface area contributed by atoms with Crippen molar-refractivity contribution < 1.29 is 4.92 Å². The highest BCUT2D eigenvalue weighted by atomic mass is 16.6. The molecule has 0 saturated carbocycles. The molecule has 25 heavy (non-hydrogen) atoms. The number of anilines is 2. The molecule has 1 N–H and O–H groups in total. The number of piperidine rings is 1. The number of nitrogens with zero attached hydrogens (tertiary/aromatic N) is 4. The van der Waals surface area contributed by atoms with Gasteiger partial charge >= 0.3 is 5.69 Å². The summed E-state index contributed by atoms with van der Waals surface area (Å²) in [6.07, 6.45) is 3.57. The second-order valence-electron chi connectivity index (χ2n) is 6.62. The zero-order valence-corrected chi connectivity index (χ0v) is 14.6. The lowest BCUT2D eigenvalue weighted by atomic mass is 10.0. The SMILES string of the molecule is CC1CCCN(c2ncnc(NC(C)c3ccccc3)c2[N+](=O)[O-])C1. The van der Waals surface area contributed by atoms with Crippen LogP contribution >= 0.6 is 0 Å². The van der Waals surface area contributed by atoms with Gasteiger partial charge in [-0.1, -0.05) is 37.3 Å². The third kappa shape index (κ3) is 3.87. The first-order valence-electron chi connectivity index (χ1n) is 8.62. The fourth-order valence-corrected chi connectivity index (χ4v) is 3.29. The van der Waals surface area contributed by atoms with Crippen molar-refractivity contribution in [2.75, 3.05) is 23.3 Å². The molecule has 2 unspecified atom stereocenters. The van der Waals surface area contributed by atoms with E-state index in [1.165, 1.54) is 6.33 Å². The van der Waals surface area contributed by atoms with Gasteiger partial charge in [0, 0.05) is 13.1 Å². The van der Waals surface area contributed by atoms with Crippen LogP contribution in [0.1, 0.15) is 38.3 Å². The van der Waals surface area contributed by atoms with Crippen molar-refractivity contribution >= 4 is 17.3 Å². The van der Waals surface area contributed by atoms with Crippen molar-refractivity contribution in [3.05, 3.63) is 52.3 Å². The van der Waals surface area contributed by atoms with Crippen LogP contribution in [0.5, 0.6) is 0 Å². The molecule has 1 saturated heterocycles. The quantitative estimate of drug-likeness (QED) is 0.658. The maximum Gasteiger partial charge on any atom is 0.353 e. The van der Waals surface area contributed by atoms with Gasteiger partial charge in [0.2, 0.25) is 11.6 Å². The molecule has 7 heteroatoms. The largest absolute Gasteiger partial charge is 0.358 e. The number of rotatable bonds is 5. The van der Waals surface area contributed by atoms with Crippen molar-refractivity contribution in [1.82, 2.24) is 9.97 Å². The first-order valence-corrected chi connectivity index (χ1v) is 8.62. The van der Waals surface area contributed by atoms with Crippen molar-refractivity contribution in [2.24, 2.45) is 5.92 Å². The van der Waals surface area contributed by atoms with E-state index in [-0.39, 0.29) is 22.5 Å². The summed E-state index contributed by atoms with van der Waals surface area (Å²) in [6, 6.07) is 9.71. The maximum absolute atomic E-state index is 11.7. The van der Waals surface area contributed by atoms with Crippen molar-refractivity contribution in [3.63, 3.8) is 0 Å². The van der Waals surface area contributed by atoms with E-state index in [0.717, 1.165) is 31.5 Å². The summed E-state index contributed by atoms with van der Waals surface area (Å²) in [5, 5.41) is 14.9. The fraction of sp³-hybridized carbons (Fsp3) is 0.444. The smallest absolute Gasteiger partial charge is 0.353 e. The minimum Gasteiger partial charge on any atom is -0.358 e. The standard InChI is InChI=1S/C18H23N5O2/c1-13-7-6-10-22(11-13)18-16(23(24)25)17(19-12-20-18)21-14(2)15-8-4-3-5-9-15/h3-5,8-9,12-14H,6-7,10-11H2,1-2H3,(H,19,20,21). The van der Waals surface area contributed by atoms with Crippen LogP contribution < -0.4 is 10.2 Å². The molecule has 1 aliphatic rings. The summed E-state index contributed by atoms with van der Waals surface area (Å²) in [4.78, 5) is 21.8. The van der Waals surface area contributed by atoms with Crippen LogP contribution in [0.3, 0.4) is 0 Å². The van der Waals surface area contributed by atoms with E-state index in [1.54, 1.807) is 0 Å². The molecule has 0 radical (unpaired) electrons. The molecule has 1 aromatic heterocycles.